The number of likely N-dealkylation sites (N-methyl/N-ethyl adjacent to an activating group) is 1. The van der Waals surface area contributed by atoms with Crippen molar-refractivity contribution in [3.05, 3.63) is 0 Å². The van der Waals surface area contributed by atoms with Gasteiger partial charge in [-0.1, -0.05) is 6.42 Å². The topological polar surface area (TPSA) is 69.6 Å². The van der Waals surface area contributed by atoms with Crippen LogP contribution in [0.3, 0.4) is 0 Å². The summed E-state index contributed by atoms with van der Waals surface area (Å²) in [5.41, 5.74) is 0. The monoisotopic (exact) mass is 256 g/mol. The van der Waals surface area contributed by atoms with Gasteiger partial charge in [-0.05, 0) is 39.2 Å². The van der Waals surface area contributed by atoms with Gasteiger partial charge in [0.15, 0.2) is 0 Å². The van der Waals surface area contributed by atoms with E-state index in [9.17, 15) is 9.59 Å². The number of nitrogens with one attached hydrogen (secondary N) is 1. The van der Waals surface area contributed by atoms with Crippen molar-refractivity contribution in [2.45, 2.75) is 33.1 Å². The van der Waals surface area contributed by atoms with Gasteiger partial charge in [-0.3, -0.25) is 9.59 Å². The minimum Gasteiger partial charge on any atom is -0.481 e. The van der Waals surface area contributed by atoms with Crippen molar-refractivity contribution in [2.75, 3.05) is 26.2 Å². The van der Waals surface area contributed by atoms with Crippen LogP contribution in [0.5, 0.6) is 0 Å². The first kappa shape index (κ1) is 15.0. The molecule has 0 aliphatic heterocycles. The molecular weight excluding hydrogens is 232 g/mol. The Labute approximate surface area is 109 Å². The Morgan fingerprint density at radius 1 is 1.28 bits per heavy atom. The molecule has 18 heavy (non-hydrogen) atoms. The number of carbonyl (C=O) groups is 2. The zero-order valence-electron chi connectivity index (χ0n) is 11.3. The van der Waals surface area contributed by atoms with E-state index in [0.717, 1.165) is 32.4 Å². The number of carbonyl (C=O) groups excluding carboxylic acids is 1. The summed E-state index contributed by atoms with van der Waals surface area (Å²) in [5, 5.41) is 12.2. The molecule has 1 rings (SSSR count). The van der Waals surface area contributed by atoms with E-state index in [4.69, 9.17) is 5.11 Å². The Balaban J connectivity index is 2.29. The van der Waals surface area contributed by atoms with Crippen LogP contribution in [0.15, 0.2) is 0 Å². The van der Waals surface area contributed by atoms with Crippen LogP contribution in [0, 0.1) is 11.8 Å². The Bertz CT molecular complexity index is 290. The lowest BCUT2D eigenvalue weighted by atomic mass is 9.96. The molecule has 0 saturated heterocycles. The summed E-state index contributed by atoms with van der Waals surface area (Å²) >= 11 is 0. The highest BCUT2D eigenvalue weighted by atomic mass is 16.4. The predicted molar refractivity (Wildman–Crippen MR) is 69.3 cm³/mol. The lowest BCUT2D eigenvalue weighted by molar-refractivity contribution is -0.142. The van der Waals surface area contributed by atoms with Crippen LogP contribution in [0.2, 0.25) is 0 Å². The maximum atomic E-state index is 11.7. The normalized spacial score (nSPS) is 23.0. The summed E-state index contributed by atoms with van der Waals surface area (Å²) in [5.74, 6) is -0.674. The number of aliphatic carboxylic acids is 1. The number of rotatable bonds is 7. The first-order chi connectivity index (χ1) is 8.60. The Morgan fingerprint density at radius 3 is 2.50 bits per heavy atom. The van der Waals surface area contributed by atoms with Crippen molar-refractivity contribution in [2.24, 2.45) is 11.8 Å². The number of amides is 1. The van der Waals surface area contributed by atoms with Gasteiger partial charge in [-0.15, -0.1) is 0 Å². The maximum Gasteiger partial charge on any atom is 0.306 e. The van der Waals surface area contributed by atoms with Gasteiger partial charge >= 0.3 is 5.97 Å². The predicted octanol–water partition coefficient (Wildman–Crippen LogP) is 0.945. The molecule has 0 aromatic rings. The molecule has 2 atom stereocenters. The number of carboxylic acids is 1. The van der Waals surface area contributed by atoms with Gasteiger partial charge in [0.25, 0.3) is 0 Å². The second-order valence-corrected chi connectivity index (χ2v) is 4.83. The Hall–Kier alpha value is -1.10. The van der Waals surface area contributed by atoms with Crippen LogP contribution < -0.4 is 5.32 Å². The Kier molecular flexibility index (Phi) is 6.12. The highest BCUT2D eigenvalue weighted by Gasteiger charge is 2.32. The molecule has 1 aliphatic rings. The molecule has 0 heterocycles. The van der Waals surface area contributed by atoms with E-state index in [1.807, 2.05) is 13.8 Å². The molecular formula is C13H24N2O3. The summed E-state index contributed by atoms with van der Waals surface area (Å²) in [6, 6.07) is 0. The summed E-state index contributed by atoms with van der Waals surface area (Å²) in [7, 11) is 0. The van der Waals surface area contributed by atoms with Crippen LogP contribution in [0.4, 0.5) is 0 Å². The highest BCUT2D eigenvalue weighted by Crippen LogP contribution is 2.31. The highest BCUT2D eigenvalue weighted by molar-refractivity contribution is 5.78. The molecule has 0 aromatic heterocycles. The van der Waals surface area contributed by atoms with E-state index in [1.165, 1.54) is 0 Å². The second-order valence-electron chi connectivity index (χ2n) is 4.83. The van der Waals surface area contributed by atoms with E-state index in [-0.39, 0.29) is 17.7 Å². The third-order valence-electron chi connectivity index (χ3n) is 3.78. The minimum atomic E-state index is -0.700. The van der Waals surface area contributed by atoms with Crippen LogP contribution in [0.1, 0.15) is 33.1 Å². The standard InChI is InChI=1S/C13H24N2O3/c1-3-15(4-2)12(16)9-14-8-10-6-5-7-11(10)13(17)18/h10-11,14H,3-9H2,1-2H3,(H,17,18). The fraction of sp³-hybridized carbons (Fsp3) is 0.846. The summed E-state index contributed by atoms with van der Waals surface area (Å²) in [6.45, 7) is 6.29. The fourth-order valence-corrected chi connectivity index (χ4v) is 2.66. The molecule has 2 N–H and O–H groups in total. The van der Waals surface area contributed by atoms with Crippen LogP contribution in [-0.2, 0) is 9.59 Å². The molecule has 5 heteroatoms. The summed E-state index contributed by atoms with van der Waals surface area (Å²) in [6.07, 6.45) is 2.70. The van der Waals surface area contributed by atoms with Crippen LogP contribution >= 0.6 is 0 Å². The van der Waals surface area contributed by atoms with Crippen molar-refractivity contribution < 1.29 is 14.7 Å². The molecule has 0 spiro atoms. The third kappa shape index (κ3) is 3.98. The van der Waals surface area contributed by atoms with Crippen LogP contribution in [-0.4, -0.2) is 48.1 Å². The van der Waals surface area contributed by atoms with E-state index < -0.39 is 5.97 Å². The molecule has 0 bridgehead atoms. The zero-order valence-corrected chi connectivity index (χ0v) is 11.3. The first-order valence-electron chi connectivity index (χ1n) is 6.81. The second kappa shape index (κ2) is 7.36. The third-order valence-corrected chi connectivity index (χ3v) is 3.78. The lowest BCUT2D eigenvalue weighted by Crippen LogP contribution is -2.40. The number of carboxylic acid groups (broad SMARTS) is 1. The average molecular weight is 256 g/mol. The van der Waals surface area contributed by atoms with Crippen molar-refractivity contribution in [1.82, 2.24) is 10.2 Å². The fourth-order valence-electron chi connectivity index (χ4n) is 2.66. The number of hydrogen-bond acceptors (Lipinski definition) is 3. The lowest BCUT2D eigenvalue weighted by Gasteiger charge is -2.20. The van der Waals surface area contributed by atoms with E-state index in [1.54, 1.807) is 4.90 Å². The van der Waals surface area contributed by atoms with Gasteiger partial charge in [-0.25, -0.2) is 0 Å². The van der Waals surface area contributed by atoms with Crippen molar-refractivity contribution in [1.29, 1.82) is 0 Å². The quantitative estimate of drug-likeness (QED) is 0.711. The maximum absolute atomic E-state index is 11.7. The molecule has 0 aromatic carbocycles. The molecule has 5 nitrogen and oxygen atoms in total. The molecule has 1 fully saturated rings. The number of hydrogen-bond donors (Lipinski definition) is 2. The molecule has 104 valence electrons. The molecule has 0 radical (unpaired) electrons. The van der Waals surface area contributed by atoms with E-state index in [0.29, 0.717) is 13.1 Å². The van der Waals surface area contributed by atoms with Gasteiger partial charge in [-0.2, -0.15) is 0 Å². The smallest absolute Gasteiger partial charge is 0.306 e. The SMILES string of the molecule is CCN(CC)C(=O)CNCC1CCCC1C(=O)O. The van der Waals surface area contributed by atoms with Crippen molar-refractivity contribution in [3.63, 3.8) is 0 Å². The average Bonchev–Trinajstić information content (AvgIpc) is 2.79. The molecule has 1 saturated carbocycles. The van der Waals surface area contributed by atoms with Gasteiger partial charge in [0.05, 0.1) is 12.5 Å². The van der Waals surface area contributed by atoms with Gasteiger partial charge in [0.2, 0.25) is 5.91 Å². The van der Waals surface area contributed by atoms with Crippen LogP contribution in [0.25, 0.3) is 0 Å². The first-order valence-corrected chi connectivity index (χ1v) is 6.81. The number of nitrogens with zero attached hydrogens (tertiary/aromatic N) is 1. The van der Waals surface area contributed by atoms with E-state index >= 15 is 0 Å². The zero-order chi connectivity index (χ0) is 13.5. The molecule has 1 aliphatic carbocycles. The van der Waals surface area contributed by atoms with Gasteiger partial charge in [0, 0.05) is 13.1 Å². The minimum absolute atomic E-state index is 0.0878. The summed E-state index contributed by atoms with van der Waals surface area (Å²) < 4.78 is 0. The Morgan fingerprint density at radius 2 is 1.94 bits per heavy atom. The summed E-state index contributed by atoms with van der Waals surface area (Å²) in [4.78, 5) is 24.5. The van der Waals surface area contributed by atoms with Crippen molar-refractivity contribution in [3.8, 4) is 0 Å². The largest absolute Gasteiger partial charge is 0.481 e. The van der Waals surface area contributed by atoms with E-state index in [2.05, 4.69) is 5.32 Å². The molecule has 1 amide bonds. The molecule has 2 unspecified atom stereocenters. The van der Waals surface area contributed by atoms with Gasteiger partial charge < -0.3 is 15.3 Å². The van der Waals surface area contributed by atoms with Crippen molar-refractivity contribution >= 4 is 11.9 Å². The van der Waals surface area contributed by atoms with Gasteiger partial charge in [0.1, 0.15) is 0 Å².